The average molecular weight is 257 g/mol. The van der Waals surface area contributed by atoms with Crippen molar-refractivity contribution in [3.8, 4) is 0 Å². The zero-order valence-electron chi connectivity index (χ0n) is 11.8. The monoisotopic (exact) mass is 257 g/mol. The van der Waals surface area contributed by atoms with E-state index in [1.54, 1.807) is 0 Å². The number of allylic oxidation sites excluding steroid dienone is 1. The van der Waals surface area contributed by atoms with Gasteiger partial charge in [0.2, 0.25) is 5.91 Å². The van der Waals surface area contributed by atoms with E-state index < -0.39 is 0 Å². The Morgan fingerprint density at radius 2 is 1.79 bits per heavy atom. The van der Waals surface area contributed by atoms with Gasteiger partial charge in [-0.25, -0.2) is 0 Å². The fourth-order valence-corrected chi connectivity index (χ4v) is 2.56. The van der Waals surface area contributed by atoms with Gasteiger partial charge in [0.15, 0.2) is 0 Å². The van der Waals surface area contributed by atoms with E-state index in [-0.39, 0.29) is 5.91 Å². The van der Waals surface area contributed by atoms with Crippen LogP contribution in [-0.2, 0) is 4.79 Å². The zero-order chi connectivity index (χ0) is 13.5. The summed E-state index contributed by atoms with van der Waals surface area (Å²) in [6.07, 6.45) is 10.0. The molecule has 0 fully saturated rings. The summed E-state index contributed by atoms with van der Waals surface area (Å²) in [4.78, 5) is 13.9. The Morgan fingerprint density at radius 1 is 1.05 bits per heavy atom. The van der Waals surface area contributed by atoms with Crippen molar-refractivity contribution in [2.75, 3.05) is 4.90 Å². The fourth-order valence-electron chi connectivity index (χ4n) is 2.56. The van der Waals surface area contributed by atoms with Crippen molar-refractivity contribution < 1.29 is 4.79 Å². The van der Waals surface area contributed by atoms with E-state index in [1.807, 2.05) is 35.2 Å². The second-order valence-corrected chi connectivity index (χ2v) is 5.13. The third kappa shape index (κ3) is 3.69. The van der Waals surface area contributed by atoms with Gasteiger partial charge in [0.25, 0.3) is 0 Å². The lowest BCUT2D eigenvalue weighted by Crippen LogP contribution is -2.24. The number of amides is 1. The van der Waals surface area contributed by atoms with Crippen molar-refractivity contribution in [2.24, 2.45) is 0 Å². The molecule has 2 rings (SSSR count). The Hall–Kier alpha value is -1.57. The first-order valence-corrected chi connectivity index (χ1v) is 7.40. The highest BCUT2D eigenvalue weighted by Crippen LogP contribution is 2.28. The first-order chi connectivity index (χ1) is 9.33. The first-order valence-electron chi connectivity index (χ1n) is 7.40. The molecule has 2 nitrogen and oxygen atoms in total. The lowest BCUT2D eigenvalue weighted by Gasteiger charge is -2.20. The van der Waals surface area contributed by atoms with Gasteiger partial charge in [-0.3, -0.25) is 9.69 Å². The molecule has 0 aliphatic carbocycles. The molecule has 1 aromatic rings. The second kappa shape index (κ2) is 7.13. The van der Waals surface area contributed by atoms with Gasteiger partial charge in [-0.2, -0.15) is 0 Å². The van der Waals surface area contributed by atoms with Gasteiger partial charge in [0.05, 0.1) is 0 Å². The van der Waals surface area contributed by atoms with Gasteiger partial charge in [-0.1, -0.05) is 56.9 Å². The van der Waals surface area contributed by atoms with Crippen LogP contribution < -0.4 is 4.90 Å². The number of unbranched alkanes of at least 4 members (excludes halogenated alkanes) is 4. The number of anilines is 1. The van der Waals surface area contributed by atoms with Crippen LogP contribution in [0.2, 0.25) is 0 Å². The molecule has 0 radical (unpaired) electrons. The van der Waals surface area contributed by atoms with Crippen molar-refractivity contribution in [1.29, 1.82) is 0 Å². The number of nitrogens with zero attached hydrogens (tertiary/aromatic N) is 1. The predicted octanol–water partition coefficient (Wildman–Crippen LogP) is 4.67. The summed E-state index contributed by atoms with van der Waals surface area (Å²) in [7, 11) is 0. The minimum Gasteiger partial charge on any atom is -0.285 e. The number of carbonyl (C=O) groups excluding carboxylic acids is 1. The molecule has 1 aromatic carbocycles. The average Bonchev–Trinajstić information content (AvgIpc) is 2.81. The van der Waals surface area contributed by atoms with Crippen LogP contribution in [0.5, 0.6) is 0 Å². The number of carbonyl (C=O) groups is 1. The fraction of sp³-hybridized carbons (Fsp3) is 0.471. The summed E-state index contributed by atoms with van der Waals surface area (Å²) < 4.78 is 0. The van der Waals surface area contributed by atoms with E-state index in [2.05, 4.69) is 13.0 Å². The first kappa shape index (κ1) is 13.9. The minimum atomic E-state index is 0.203. The molecule has 19 heavy (non-hydrogen) atoms. The van der Waals surface area contributed by atoms with Crippen LogP contribution in [0.3, 0.4) is 0 Å². The molecule has 1 amide bonds. The number of benzene rings is 1. The number of hydrogen-bond acceptors (Lipinski definition) is 1. The largest absolute Gasteiger partial charge is 0.285 e. The van der Waals surface area contributed by atoms with Gasteiger partial charge >= 0.3 is 0 Å². The number of hydrogen-bond donors (Lipinski definition) is 0. The van der Waals surface area contributed by atoms with Crippen molar-refractivity contribution in [2.45, 2.75) is 51.9 Å². The van der Waals surface area contributed by atoms with Crippen LogP contribution in [0, 0.1) is 0 Å². The molecule has 0 aromatic heterocycles. The summed E-state index contributed by atoms with van der Waals surface area (Å²) in [6.45, 7) is 2.23. The molecule has 102 valence electrons. The quantitative estimate of drug-likeness (QED) is 0.650. The van der Waals surface area contributed by atoms with E-state index in [4.69, 9.17) is 0 Å². The Kier molecular flexibility index (Phi) is 5.20. The summed E-state index contributed by atoms with van der Waals surface area (Å²) in [5.74, 6) is 0.203. The summed E-state index contributed by atoms with van der Waals surface area (Å²) in [6, 6.07) is 9.97. The third-order valence-electron chi connectivity index (χ3n) is 3.60. The van der Waals surface area contributed by atoms with Gasteiger partial charge in [-0.15, -0.1) is 0 Å². The lowest BCUT2D eigenvalue weighted by molar-refractivity contribution is -0.116. The van der Waals surface area contributed by atoms with Crippen molar-refractivity contribution in [1.82, 2.24) is 0 Å². The molecule has 1 aliphatic rings. The predicted molar refractivity (Wildman–Crippen MR) is 80.0 cm³/mol. The minimum absolute atomic E-state index is 0.203. The Morgan fingerprint density at radius 3 is 2.53 bits per heavy atom. The van der Waals surface area contributed by atoms with Gasteiger partial charge in [-0.05, 0) is 25.0 Å². The topological polar surface area (TPSA) is 20.3 Å². The molecule has 1 aliphatic heterocycles. The molecular formula is C17H23NO. The normalized spacial score (nSPS) is 14.9. The van der Waals surface area contributed by atoms with Crippen LogP contribution in [0.4, 0.5) is 5.69 Å². The molecule has 0 bridgehead atoms. The maximum atomic E-state index is 12.0. The van der Waals surface area contributed by atoms with Gasteiger partial charge in [0.1, 0.15) is 0 Å². The second-order valence-electron chi connectivity index (χ2n) is 5.13. The van der Waals surface area contributed by atoms with Crippen LogP contribution in [-0.4, -0.2) is 5.91 Å². The summed E-state index contributed by atoms with van der Waals surface area (Å²) >= 11 is 0. The Labute approximate surface area is 116 Å². The highest BCUT2D eigenvalue weighted by atomic mass is 16.2. The smallest absolute Gasteiger partial charge is 0.235 e. The van der Waals surface area contributed by atoms with Gasteiger partial charge in [0, 0.05) is 17.8 Å². The van der Waals surface area contributed by atoms with Crippen LogP contribution in [0.1, 0.15) is 51.9 Å². The van der Waals surface area contributed by atoms with Crippen LogP contribution >= 0.6 is 0 Å². The van der Waals surface area contributed by atoms with Crippen molar-refractivity contribution >= 4 is 11.6 Å². The zero-order valence-corrected chi connectivity index (χ0v) is 11.8. The molecule has 0 N–H and O–H groups in total. The molecule has 0 unspecified atom stereocenters. The SMILES string of the molecule is CCCCCCCC1=CCC(=O)N1c1ccccc1. The van der Waals surface area contributed by atoms with E-state index in [0.29, 0.717) is 6.42 Å². The number of para-hydroxylation sites is 1. The highest BCUT2D eigenvalue weighted by molar-refractivity contribution is 6.00. The molecule has 1 heterocycles. The summed E-state index contributed by atoms with van der Waals surface area (Å²) in [5.41, 5.74) is 2.19. The Bertz CT molecular complexity index is 436. The van der Waals surface area contributed by atoms with Crippen LogP contribution in [0.25, 0.3) is 0 Å². The molecule has 0 atom stereocenters. The van der Waals surface area contributed by atoms with E-state index in [9.17, 15) is 4.79 Å². The summed E-state index contributed by atoms with van der Waals surface area (Å²) in [5, 5.41) is 0. The van der Waals surface area contributed by atoms with Crippen molar-refractivity contribution in [3.05, 3.63) is 42.1 Å². The number of rotatable bonds is 7. The van der Waals surface area contributed by atoms with Crippen LogP contribution in [0.15, 0.2) is 42.1 Å². The molecular weight excluding hydrogens is 234 g/mol. The molecule has 0 spiro atoms. The van der Waals surface area contributed by atoms with E-state index >= 15 is 0 Å². The lowest BCUT2D eigenvalue weighted by atomic mass is 10.1. The molecule has 0 saturated carbocycles. The molecule has 0 saturated heterocycles. The third-order valence-corrected chi connectivity index (χ3v) is 3.60. The van der Waals surface area contributed by atoms with E-state index in [0.717, 1.165) is 12.1 Å². The van der Waals surface area contributed by atoms with Gasteiger partial charge < -0.3 is 0 Å². The van der Waals surface area contributed by atoms with Crippen molar-refractivity contribution in [3.63, 3.8) is 0 Å². The maximum absolute atomic E-state index is 12.0. The molecule has 2 heteroatoms. The standard InChI is InChI=1S/C17H23NO/c1-2-3-4-5-7-12-16-13-14-17(19)18(16)15-10-8-6-9-11-15/h6,8-11,13H,2-5,7,12,14H2,1H3. The Balaban J connectivity index is 1.91. The maximum Gasteiger partial charge on any atom is 0.235 e. The highest BCUT2D eigenvalue weighted by Gasteiger charge is 2.24. The van der Waals surface area contributed by atoms with E-state index in [1.165, 1.54) is 37.8 Å².